The summed E-state index contributed by atoms with van der Waals surface area (Å²) < 4.78 is 5.00. The highest BCUT2D eigenvalue weighted by molar-refractivity contribution is 6.05. The van der Waals surface area contributed by atoms with Crippen molar-refractivity contribution in [1.82, 2.24) is 4.57 Å². The number of hydrogen-bond donors (Lipinski definition) is 0. The molecular formula is C30H37N2+. The van der Waals surface area contributed by atoms with Gasteiger partial charge in [0.25, 0.3) is 5.65 Å². The van der Waals surface area contributed by atoms with Crippen molar-refractivity contribution >= 4 is 16.4 Å². The Morgan fingerprint density at radius 2 is 1.78 bits per heavy atom. The Labute approximate surface area is 192 Å². The summed E-state index contributed by atoms with van der Waals surface area (Å²) in [5.74, 6) is 0. The Morgan fingerprint density at radius 3 is 2.50 bits per heavy atom. The van der Waals surface area contributed by atoms with Crippen LogP contribution in [0.2, 0.25) is 0 Å². The van der Waals surface area contributed by atoms with Gasteiger partial charge in [-0.3, -0.25) is 0 Å². The van der Waals surface area contributed by atoms with Gasteiger partial charge in [-0.15, -0.1) is 0 Å². The largest absolute Gasteiger partial charge is 0.295 e. The third-order valence-electron chi connectivity index (χ3n) is 8.74. The molecule has 0 saturated carbocycles. The second kappa shape index (κ2) is 7.47. The van der Waals surface area contributed by atoms with Crippen molar-refractivity contribution in [2.24, 2.45) is 0 Å². The van der Waals surface area contributed by atoms with Gasteiger partial charge in [0, 0.05) is 17.7 Å². The molecule has 1 aliphatic rings. The van der Waals surface area contributed by atoms with Crippen molar-refractivity contribution in [3.63, 3.8) is 0 Å². The summed E-state index contributed by atoms with van der Waals surface area (Å²) in [7, 11) is 0. The van der Waals surface area contributed by atoms with E-state index in [1.807, 2.05) is 0 Å². The van der Waals surface area contributed by atoms with Crippen LogP contribution in [0.25, 0.3) is 27.5 Å². The summed E-state index contributed by atoms with van der Waals surface area (Å²) in [6.45, 7) is 14.2. The molecule has 0 fully saturated rings. The molecule has 2 nitrogen and oxygen atoms in total. The maximum Gasteiger partial charge on any atom is 0.295 e. The molecule has 32 heavy (non-hydrogen) atoms. The Bertz CT molecular complexity index is 1330. The molecule has 2 atom stereocenters. The second-order valence-corrected chi connectivity index (χ2v) is 10.2. The first-order valence-corrected chi connectivity index (χ1v) is 12.5. The van der Waals surface area contributed by atoms with Gasteiger partial charge in [0.2, 0.25) is 0 Å². The summed E-state index contributed by atoms with van der Waals surface area (Å²) >= 11 is 0. The van der Waals surface area contributed by atoms with Crippen molar-refractivity contribution in [3.05, 3.63) is 71.7 Å². The lowest BCUT2D eigenvalue weighted by molar-refractivity contribution is -0.510. The van der Waals surface area contributed by atoms with Crippen molar-refractivity contribution < 1.29 is 4.40 Å². The van der Waals surface area contributed by atoms with Crippen LogP contribution < -0.4 is 4.40 Å². The topological polar surface area (TPSA) is 9.03 Å². The van der Waals surface area contributed by atoms with E-state index in [0.717, 1.165) is 19.3 Å². The minimum absolute atomic E-state index is 0.0451. The minimum Gasteiger partial charge on any atom is -0.221 e. The molecule has 3 heterocycles. The average Bonchev–Trinajstić information content (AvgIpc) is 3.17. The van der Waals surface area contributed by atoms with Crippen molar-refractivity contribution in [2.45, 2.75) is 84.6 Å². The number of aryl methyl sites for hydroxylation is 2. The number of hydrogen-bond acceptors (Lipinski definition) is 0. The van der Waals surface area contributed by atoms with Gasteiger partial charge < -0.3 is 0 Å². The summed E-state index contributed by atoms with van der Waals surface area (Å²) in [4.78, 5) is 0. The van der Waals surface area contributed by atoms with E-state index in [0.29, 0.717) is 0 Å². The summed E-state index contributed by atoms with van der Waals surface area (Å²) in [6, 6.07) is 16.4. The molecule has 166 valence electrons. The molecule has 0 N–H and O–H groups in total. The highest BCUT2D eigenvalue weighted by Crippen LogP contribution is 2.53. The lowest BCUT2D eigenvalue weighted by atomic mass is 9.61. The molecule has 2 unspecified atom stereocenters. The zero-order valence-electron chi connectivity index (χ0n) is 20.6. The van der Waals surface area contributed by atoms with E-state index < -0.39 is 0 Å². The number of pyridine rings is 1. The average molecular weight is 426 g/mol. The predicted molar refractivity (Wildman–Crippen MR) is 135 cm³/mol. The van der Waals surface area contributed by atoms with Crippen LogP contribution in [0.15, 0.2) is 54.9 Å². The predicted octanol–water partition coefficient (Wildman–Crippen LogP) is 7.50. The van der Waals surface area contributed by atoms with Gasteiger partial charge in [0.1, 0.15) is 17.4 Å². The van der Waals surface area contributed by atoms with E-state index >= 15 is 0 Å². The van der Waals surface area contributed by atoms with Crippen LogP contribution in [0, 0.1) is 6.92 Å². The Morgan fingerprint density at radius 1 is 0.969 bits per heavy atom. The van der Waals surface area contributed by atoms with Crippen LogP contribution in [0.3, 0.4) is 0 Å². The van der Waals surface area contributed by atoms with Crippen LogP contribution in [0.4, 0.5) is 0 Å². The quantitative estimate of drug-likeness (QED) is 0.283. The molecule has 2 aromatic heterocycles. The zero-order valence-corrected chi connectivity index (χ0v) is 20.6. The van der Waals surface area contributed by atoms with E-state index in [1.54, 1.807) is 0 Å². The molecule has 4 aromatic rings. The summed E-state index contributed by atoms with van der Waals surface area (Å²) in [5, 5.41) is 2.82. The Kier molecular flexibility index (Phi) is 4.96. The maximum absolute atomic E-state index is 2.65. The first kappa shape index (κ1) is 21.2. The van der Waals surface area contributed by atoms with E-state index in [1.165, 1.54) is 57.2 Å². The third-order valence-corrected chi connectivity index (χ3v) is 8.74. The summed E-state index contributed by atoms with van der Waals surface area (Å²) in [6.07, 6.45) is 10.4. The second-order valence-electron chi connectivity index (χ2n) is 10.2. The van der Waals surface area contributed by atoms with Gasteiger partial charge in [-0.05, 0) is 60.9 Å². The van der Waals surface area contributed by atoms with Crippen LogP contribution in [0.5, 0.6) is 0 Å². The monoisotopic (exact) mass is 425 g/mol. The number of rotatable bonds is 6. The normalized spacial score (nSPS) is 22.3. The molecular weight excluding hydrogens is 388 g/mol. The first-order valence-electron chi connectivity index (χ1n) is 12.5. The molecule has 0 spiro atoms. The number of aromatic nitrogens is 2. The Hall–Kier alpha value is -2.61. The smallest absolute Gasteiger partial charge is 0.221 e. The molecule has 0 saturated heterocycles. The van der Waals surface area contributed by atoms with Gasteiger partial charge >= 0.3 is 0 Å². The molecule has 0 amide bonds. The fraction of sp³-hybridized carbons (Fsp3) is 0.433. The lowest BCUT2D eigenvalue weighted by Crippen LogP contribution is -2.52. The van der Waals surface area contributed by atoms with Gasteiger partial charge in [-0.25, -0.2) is 8.97 Å². The minimum atomic E-state index is 0.0451. The van der Waals surface area contributed by atoms with Crippen LogP contribution in [0.1, 0.15) is 77.1 Å². The van der Waals surface area contributed by atoms with Crippen molar-refractivity contribution in [2.75, 3.05) is 0 Å². The first-order chi connectivity index (χ1) is 15.4. The van der Waals surface area contributed by atoms with Crippen molar-refractivity contribution in [1.29, 1.82) is 0 Å². The molecule has 1 aliphatic heterocycles. The Balaban J connectivity index is 1.86. The molecule has 0 radical (unpaired) electrons. The standard InChI is InChI=1S/C30H37N2/c1-7-10-12-22-13-11-14-23(19-22)24-15-16-26-27-25(24)17-18-31-20-21(4)32(28(27)31)30(6,9-3)29(26,5)8-2/h11,13-20H,7-10,12H2,1-6H3/q+1. The number of unbranched alkanes of at least 4 members (excludes halogenated alkanes) is 1. The highest BCUT2D eigenvalue weighted by atomic mass is 15.2. The van der Waals surface area contributed by atoms with E-state index in [2.05, 4.69) is 105 Å². The third kappa shape index (κ3) is 2.68. The molecule has 5 rings (SSSR count). The number of nitrogens with zero attached hydrogens (tertiary/aromatic N) is 2. The van der Waals surface area contributed by atoms with Crippen LogP contribution in [-0.4, -0.2) is 4.57 Å². The van der Waals surface area contributed by atoms with Gasteiger partial charge in [-0.2, -0.15) is 0 Å². The van der Waals surface area contributed by atoms with E-state index in [-0.39, 0.29) is 11.0 Å². The molecule has 2 heteroatoms. The SMILES string of the molecule is CCCCc1cccc(-c2ccc3c4c2cc[n+]2cc(C)n(c42)C(C)(CC)C3(C)CC)c1. The molecule has 2 aromatic carbocycles. The highest BCUT2D eigenvalue weighted by Gasteiger charge is 2.54. The molecule has 0 bridgehead atoms. The van der Waals surface area contributed by atoms with Gasteiger partial charge in [0.05, 0.1) is 11.6 Å². The summed E-state index contributed by atoms with van der Waals surface area (Å²) in [5.41, 5.74) is 8.47. The fourth-order valence-electron chi connectivity index (χ4n) is 6.41. The number of benzene rings is 2. The van der Waals surface area contributed by atoms with Gasteiger partial charge in [0.15, 0.2) is 0 Å². The van der Waals surface area contributed by atoms with Gasteiger partial charge in [-0.1, -0.05) is 70.5 Å². The molecule has 0 aliphatic carbocycles. The lowest BCUT2D eigenvalue weighted by Gasteiger charge is -2.47. The van der Waals surface area contributed by atoms with Crippen LogP contribution in [-0.2, 0) is 17.4 Å². The van der Waals surface area contributed by atoms with E-state index in [4.69, 9.17) is 0 Å². The maximum atomic E-state index is 2.65. The van der Waals surface area contributed by atoms with E-state index in [9.17, 15) is 0 Å². The zero-order chi connectivity index (χ0) is 22.7. The number of imidazole rings is 1. The van der Waals surface area contributed by atoms with Crippen LogP contribution >= 0.6 is 0 Å². The fourth-order valence-corrected chi connectivity index (χ4v) is 6.41. The van der Waals surface area contributed by atoms with Crippen molar-refractivity contribution in [3.8, 4) is 11.1 Å².